The normalized spacial score (nSPS) is 23.0. The van der Waals surface area contributed by atoms with Gasteiger partial charge in [0.15, 0.2) is 5.82 Å². The lowest BCUT2D eigenvalue weighted by molar-refractivity contribution is 0.394. The van der Waals surface area contributed by atoms with Gasteiger partial charge in [0.25, 0.3) is 0 Å². The number of para-hydroxylation sites is 1. The minimum absolute atomic E-state index is 0.346. The van der Waals surface area contributed by atoms with Gasteiger partial charge in [-0.05, 0) is 47.7 Å². The Labute approximate surface area is 129 Å². The lowest BCUT2D eigenvalue weighted by Gasteiger charge is -2.16. The van der Waals surface area contributed by atoms with Crippen LogP contribution in [-0.4, -0.2) is 20.2 Å². The van der Waals surface area contributed by atoms with E-state index >= 15 is 0 Å². The molecule has 0 radical (unpaired) electrons. The Hall–Kier alpha value is -1.62. The molecular weight excluding hydrogens is 286 g/mol. The molecule has 1 heterocycles. The number of tetrazole rings is 1. The Morgan fingerprint density at radius 1 is 1.24 bits per heavy atom. The summed E-state index contributed by atoms with van der Waals surface area (Å²) in [7, 11) is 0. The summed E-state index contributed by atoms with van der Waals surface area (Å²) in [6.07, 6.45) is 5.95. The van der Waals surface area contributed by atoms with Crippen molar-refractivity contribution in [2.75, 3.05) is 5.73 Å². The number of halogens is 1. The highest BCUT2D eigenvalue weighted by Crippen LogP contribution is 2.35. The van der Waals surface area contributed by atoms with E-state index in [0.717, 1.165) is 30.1 Å². The molecule has 2 N–H and O–H groups in total. The number of nitrogens with two attached hydrogens (primary N) is 1. The third-order valence-corrected chi connectivity index (χ3v) is 4.69. The number of anilines is 1. The summed E-state index contributed by atoms with van der Waals surface area (Å²) in [5.74, 6) is 1.50. The van der Waals surface area contributed by atoms with Crippen LogP contribution in [0.15, 0.2) is 18.2 Å². The van der Waals surface area contributed by atoms with Gasteiger partial charge in [-0.2, -0.15) is 0 Å². The first-order valence-electron chi connectivity index (χ1n) is 7.49. The van der Waals surface area contributed by atoms with Crippen molar-refractivity contribution < 1.29 is 0 Å². The summed E-state index contributed by atoms with van der Waals surface area (Å²) in [6.45, 7) is 2.32. The van der Waals surface area contributed by atoms with Crippen LogP contribution < -0.4 is 5.73 Å². The van der Waals surface area contributed by atoms with Crippen LogP contribution in [0.2, 0.25) is 5.02 Å². The second kappa shape index (κ2) is 6.02. The predicted molar refractivity (Wildman–Crippen MR) is 84.0 cm³/mol. The second-order valence-electron chi connectivity index (χ2n) is 5.92. The smallest absolute Gasteiger partial charge is 0.184 e. The molecule has 0 amide bonds. The molecule has 1 aromatic heterocycles. The fourth-order valence-corrected chi connectivity index (χ4v) is 3.24. The number of hydrogen-bond acceptors (Lipinski definition) is 4. The number of hydrogen-bond donors (Lipinski definition) is 1. The molecule has 0 saturated heterocycles. The lowest BCUT2D eigenvalue weighted by atomic mass is 10.0. The molecule has 112 valence electrons. The van der Waals surface area contributed by atoms with E-state index in [2.05, 4.69) is 22.4 Å². The van der Waals surface area contributed by atoms with Gasteiger partial charge in [-0.3, -0.25) is 0 Å². The zero-order valence-electron chi connectivity index (χ0n) is 12.2. The first-order valence-corrected chi connectivity index (χ1v) is 7.87. The van der Waals surface area contributed by atoms with Crippen LogP contribution in [0.1, 0.15) is 45.1 Å². The van der Waals surface area contributed by atoms with Gasteiger partial charge in [0.1, 0.15) is 0 Å². The molecule has 2 unspecified atom stereocenters. The number of rotatable bonds is 2. The van der Waals surface area contributed by atoms with Crippen LogP contribution in [0.5, 0.6) is 0 Å². The van der Waals surface area contributed by atoms with Crippen molar-refractivity contribution in [3.63, 3.8) is 0 Å². The highest BCUT2D eigenvalue weighted by Gasteiger charge is 2.23. The van der Waals surface area contributed by atoms with E-state index in [1.54, 1.807) is 6.07 Å². The summed E-state index contributed by atoms with van der Waals surface area (Å²) in [5, 5.41) is 12.8. The number of aromatic nitrogens is 4. The average molecular weight is 306 g/mol. The van der Waals surface area contributed by atoms with Crippen molar-refractivity contribution in [1.82, 2.24) is 20.2 Å². The van der Waals surface area contributed by atoms with E-state index in [0.29, 0.717) is 16.8 Å². The summed E-state index contributed by atoms with van der Waals surface area (Å²) in [5.41, 5.74) is 7.43. The molecule has 1 aliphatic rings. The average Bonchev–Trinajstić information content (AvgIpc) is 2.85. The molecule has 1 aromatic carbocycles. The minimum atomic E-state index is 0.346. The zero-order valence-corrected chi connectivity index (χ0v) is 12.9. The fraction of sp³-hybridized carbons (Fsp3) is 0.533. The van der Waals surface area contributed by atoms with Crippen LogP contribution in [0.3, 0.4) is 0 Å². The third kappa shape index (κ3) is 2.88. The first kappa shape index (κ1) is 14.3. The topological polar surface area (TPSA) is 69.6 Å². The molecule has 21 heavy (non-hydrogen) atoms. The van der Waals surface area contributed by atoms with E-state index in [-0.39, 0.29) is 0 Å². The predicted octanol–water partition coefficient (Wildman–Crippen LogP) is 3.72. The van der Waals surface area contributed by atoms with Crippen LogP contribution in [0, 0.1) is 5.92 Å². The van der Waals surface area contributed by atoms with E-state index in [9.17, 15) is 0 Å². The molecule has 0 bridgehead atoms. The van der Waals surface area contributed by atoms with Gasteiger partial charge in [-0.1, -0.05) is 37.4 Å². The quantitative estimate of drug-likeness (QED) is 0.678. The van der Waals surface area contributed by atoms with Crippen molar-refractivity contribution in [2.24, 2.45) is 5.92 Å². The standard InChI is InChI=1S/C15H20ClN5/c1-10-4-2-5-11(9-8-10)21-15(18-19-20-21)12-6-3-7-13(16)14(12)17/h3,6-7,10-11H,2,4-5,8-9,17H2,1H3. The van der Waals surface area contributed by atoms with Gasteiger partial charge in [0.2, 0.25) is 0 Å². The molecule has 0 spiro atoms. The van der Waals surface area contributed by atoms with Crippen molar-refractivity contribution >= 4 is 17.3 Å². The number of benzene rings is 1. The van der Waals surface area contributed by atoms with E-state index in [1.165, 1.54) is 19.3 Å². The maximum atomic E-state index is 6.11. The van der Waals surface area contributed by atoms with Crippen LogP contribution >= 0.6 is 11.6 Å². The molecular formula is C15H20ClN5. The highest BCUT2D eigenvalue weighted by molar-refractivity contribution is 6.33. The largest absolute Gasteiger partial charge is 0.397 e. The van der Waals surface area contributed by atoms with Gasteiger partial charge in [0.05, 0.1) is 16.8 Å². The molecule has 6 heteroatoms. The first-order chi connectivity index (χ1) is 10.2. The Bertz CT molecular complexity index is 624. The van der Waals surface area contributed by atoms with Gasteiger partial charge in [0, 0.05) is 5.56 Å². The minimum Gasteiger partial charge on any atom is -0.397 e. The van der Waals surface area contributed by atoms with Crippen molar-refractivity contribution in [3.05, 3.63) is 23.2 Å². The molecule has 1 saturated carbocycles. The summed E-state index contributed by atoms with van der Waals surface area (Å²) >= 11 is 6.11. The van der Waals surface area contributed by atoms with Crippen molar-refractivity contribution in [2.45, 2.75) is 45.1 Å². The monoisotopic (exact) mass is 305 g/mol. The van der Waals surface area contributed by atoms with Crippen molar-refractivity contribution in [1.29, 1.82) is 0 Å². The Kier molecular flexibility index (Phi) is 4.10. The molecule has 1 fully saturated rings. The molecule has 3 rings (SSSR count). The van der Waals surface area contributed by atoms with Gasteiger partial charge < -0.3 is 5.73 Å². The summed E-state index contributed by atoms with van der Waals surface area (Å²) in [6, 6.07) is 5.92. The molecule has 2 aromatic rings. The van der Waals surface area contributed by atoms with Gasteiger partial charge in [-0.25, -0.2) is 4.68 Å². The molecule has 2 atom stereocenters. The summed E-state index contributed by atoms with van der Waals surface area (Å²) in [4.78, 5) is 0. The van der Waals surface area contributed by atoms with E-state index < -0.39 is 0 Å². The summed E-state index contributed by atoms with van der Waals surface area (Å²) < 4.78 is 1.93. The molecule has 5 nitrogen and oxygen atoms in total. The zero-order chi connectivity index (χ0) is 14.8. The molecule has 1 aliphatic carbocycles. The Morgan fingerprint density at radius 3 is 2.95 bits per heavy atom. The fourth-order valence-electron chi connectivity index (χ4n) is 3.06. The SMILES string of the molecule is CC1CCCC(n2nnnc2-c2cccc(Cl)c2N)CC1. The van der Waals surface area contributed by atoms with Crippen LogP contribution in [0.4, 0.5) is 5.69 Å². The van der Waals surface area contributed by atoms with E-state index in [1.807, 2.05) is 16.8 Å². The van der Waals surface area contributed by atoms with E-state index in [4.69, 9.17) is 17.3 Å². The highest BCUT2D eigenvalue weighted by atomic mass is 35.5. The number of nitrogens with zero attached hydrogens (tertiary/aromatic N) is 4. The third-order valence-electron chi connectivity index (χ3n) is 4.36. The van der Waals surface area contributed by atoms with Crippen LogP contribution in [-0.2, 0) is 0 Å². The maximum Gasteiger partial charge on any atom is 0.184 e. The second-order valence-corrected chi connectivity index (χ2v) is 6.32. The number of nitrogen functional groups attached to an aromatic ring is 1. The van der Waals surface area contributed by atoms with Gasteiger partial charge >= 0.3 is 0 Å². The van der Waals surface area contributed by atoms with Gasteiger partial charge in [-0.15, -0.1) is 5.10 Å². The lowest BCUT2D eigenvalue weighted by Crippen LogP contribution is -2.12. The Morgan fingerprint density at radius 2 is 2.10 bits per heavy atom. The molecule has 0 aliphatic heterocycles. The van der Waals surface area contributed by atoms with Crippen LogP contribution in [0.25, 0.3) is 11.4 Å². The Balaban J connectivity index is 1.95. The van der Waals surface area contributed by atoms with Crippen molar-refractivity contribution in [3.8, 4) is 11.4 Å². The maximum absolute atomic E-state index is 6.11.